The molecule has 1 N–H and O–H groups in total. The van der Waals surface area contributed by atoms with Crippen LogP contribution >= 0.6 is 24.8 Å². The van der Waals surface area contributed by atoms with E-state index in [1.807, 2.05) is 31.2 Å². The first kappa shape index (κ1) is 22.0. The van der Waals surface area contributed by atoms with Crippen molar-refractivity contribution in [3.8, 4) is 11.5 Å². The Labute approximate surface area is 165 Å². The third-order valence-corrected chi connectivity index (χ3v) is 3.89. The van der Waals surface area contributed by atoms with E-state index in [9.17, 15) is 4.79 Å². The number of halogens is 2. The Kier molecular flexibility index (Phi) is 9.19. The second-order valence-electron chi connectivity index (χ2n) is 5.73. The third kappa shape index (κ3) is 6.05. The van der Waals surface area contributed by atoms with Gasteiger partial charge in [-0.15, -0.1) is 24.8 Å². The number of hydrogen-bond donors (Lipinski definition) is 1. The molecule has 1 amide bonds. The number of benzene rings is 1. The second-order valence-corrected chi connectivity index (χ2v) is 5.73. The number of carbonyl (C=O) groups is 1. The molecular formula is C18H23Cl2N3O3. The topological polar surface area (TPSA) is 63.7 Å². The number of rotatable bonds is 4. The molecule has 0 bridgehead atoms. The van der Waals surface area contributed by atoms with Crippen LogP contribution in [0.25, 0.3) is 0 Å². The Morgan fingerprint density at radius 2 is 2.00 bits per heavy atom. The van der Waals surface area contributed by atoms with Gasteiger partial charge < -0.3 is 14.8 Å². The van der Waals surface area contributed by atoms with Crippen LogP contribution in [0.15, 0.2) is 48.8 Å². The average molecular weight is 400 g/mol. The maximum Gasteiger partial charge on any atom is 0.415 e. The molecule has 1 aliphatic rings. The van der Waals surface area contributed by atoms with E-state index in [-0.39, 0.29) is 36.9 Å². The summed E-state index contributed by atoms with van der Waals surface area (Å²) in [6, 6.07) is 11.0. The molecule has 1 saturated heterocycles. The van der Waals surface area contributed by atoms with Crippen LogP contribution in [0, 0.1) is 6.92 Å². The standard InChI is InChI=1S/C18H21N3O3.2ClH/c1-14-4-6-16(7-5-14)24-18(22)21-10-9-20-11-15(21)13-23-17-3-2-8-19-12-17;;/h2-8,12,15,20H,9-11,13H2,1H3;2*1H. The van der Waals surface area contributed by atoms with Crippen LogP contribution < -0.4 is 14.8 Å². The molecule has 26 heavy (non-hydrogen) atoms. The molecule has 1 aromatic heterocycles. The summed E-state index contributed by atoms with van der Waals surface area (Å²) in [4.78, 5) is 18.2. The Balaban J connectivity index is 0.00000169. The number of aryl methyl sites for hydroxylation is 1. The number of piperazine rings is 1. The molecule has 8 heteroatoms. The van der Waals surface area contributed by atoms with Gasteiger partial charge in [-0.05, 0) is 31.2 Å². The molecule has 1 aliphatic heterocycles. The number of pyridine rings is 1. The molecule has 1 atom stereocenters. The van der Waals surface area contributed by atoms with Crippen LogP contribution in [0.1, 0.15) is 5.56 Å². The average Bonchev–Trinajstić information content (AvgIpc) is 2.63. The van der Waals surface area contributed by atoms with E-state index in [4.69, 9.17) is 9.47 Å². The number of nitrogens with one attached hydrogen (secondary N) is 1. The van der Waals surface area contributed by atoms with Gasteiger partial charge in [0.15, 0.2) is 0 Å². The predicted molar refractivity (Wildman–Crippen MR) is 105 cm³/mol. The zero-order chi connectivity index (χ0) is 16.8. The number of hydrogen-bond acceptors (Lipinski definition) is 5. The van der Waals surface area contributed by atoms with Crippen molar-refractivity contribution >= 4 is 30.9 Å². The molecule has 1 unspecified atom stereocenters. The van der Waals surface area contributed by atoms with Gasteiger partial charge in [-0.1, -0.05) is 17.7 Å². The van der Waals surface area contributed by atoms with E-state index in [1.54, 1.807) is 29.4 Å². The lowest BCUT2D eigenvalue weighted by Crippen LogP contribution is -2.56. The SMILES string of the molecule is Cc1ccc(OC(=O)N2CCNCC2COc2cccnc2)cc1.Cl.Cl. The molecular weight excluding hydrogens is 377 g/mol. The summed E-state index contributed by atoms with van der Waals surface area (Å²) in [6.45, 7) is 4.39. The van der Waals surface area contributed by atoms with Crippen LogP contribution in [-0.4, -0.2) is 48.3 Å². The Hall–Kier alpha value is -2.02. The largest absolute Gasteiger partial charge is 0.490 e. The molecule has 1 fully saturated rings. The van der Waals surface area contributed by atoms with Crippen LogP contribution in [0.2, 0.25) is 0 Å². The van der Waals surface area contributed by atoms with Crippen molar-refractivity contribution in [3.63, 3.8) is 0 Å². The maximum atomic E-state index is 12.5. The molecule has 2 aromatic rings. The normalized spacial score (nSPS) is 16.0. The van der Waals surface area contributed by atoms with E-state index in [0.717, 1.165) is 12.1 Å². The summed E-state index contributed by atoms with van der Waals surface area (Å²) in [6.07, 6.45) is 3.01. The fraction of sp³-hybridized carbons (Fsp3) is 0.333. The summed E-state index contributed by atoms with van der Waals surface area (Å²) in [5.41, 5.74) is 1.12. The highest BCUT2D eigenvalue weighted by atomic mass is 35.5. The van der Waals surface area contributed by atoms with Crippen molar-refractivity contribution in [2.24, 2.45) is 0 Å². The molecule has 6 nitrogen and oxygen atoms in total. The number of amides is 1. The van der Waals surface area contributed by atoms with Gasteiger partial charge in [-0.25, -0.2) is 4.79 Å². The molecule has 142 valence electrons. The van der Waals surface area contributed by atoms with Gasteiger partial charge in [0.2, 0.25) is 0 Å². The van der Waals surface area contributed by atoms with E-state index in [2.05, 4.69) is 10.3 Å². The lowest BCUT2D eigenvalue weighted by atomic mass is 10.2. The highest BCUT2D eigenvalue weighted by Gasteiger charge is 2.28. The van der Waals surface area contributed by atoms with E-state index in [0.29, 0.717) is 31.2 Å². The lowest BCUT2D eigenvalue weighted by molar-refractivity contribution is 0.0953. The fourth-order valence-electron chi connectivity index (χ4n) is 2.54. The van der Waals surface area contributed by atoms with Crippen molar-refractivity contribution in [2.45, 2.75) is 13.0 Å². The quantitative estimate of drug-likeness (QED) is 0.855. The van der Waals surface area contributed by atoms with Gasteiger partial charge in [0.1, 0.15) is 18.1 Å². The Morgan fingerprint density at radius 3 is 2.69 bits per heavy atom. The minimum Gasteiger partial charge on any atom is -0.490 e. The van der Waals surface area contributed by atoms with Gasteiger partial charge in [0, 0.05) is 25.8 Å². The van der Waals surface area contributed by atoms with Crippen molar-refractivity contribution < 1.29 is 14.3 Å². The Bertz CT molecular complexity index is 671. The van der Waals surface area contributed by atoms with Gasteiger partial charge in [-0.3, -0.25) is 9.88 Å². The van der Waals surface area contributed by atoms with Crippen molar-refractivity contribution in [1.29, 1.82) is 0 Å². The van der Waals surface area contributed by atoms with Gasteiger partial charge in [-0.2, -0.15) is 0 Å². The van der Waals surface area contributed by atoms with Crippen molar-refractivity contribution in [1.82, 2.24) is 15.2 Å². The minimum atomic E-state index is -0.347. The molecule has 2 heterocycles. The first-order chi connectivity index (χ1) is 11.7. The van der Waals surface area contributed by atoms with Crippen LogP contribution in [0.3, 0.4) is 0 Å². The number of nitrogens with zero attached hydrogens (tertiary/aromatic N) is 2. The fourth-order valence-corrected chi connectivity index (χ4v) is 2.54. The number of ether oxygens (including phenoxy) is 2. The first-order valence-corrected chi connectivity index (χ1v) is 8.01. The Morgan fingerprint density at radius 1 is 1.23 bits per heavy atom. The highest BCUT2D eigenvalue weighted by Crippen LogP contribution is 2.15. The molecule has 0 radical (unpaired) electrons. The zero-order valence-corrected chi connectivity index (χ0v) is 16.1. The van der Waals surface area contributed by atoms with Gasteiger partial charge in [0.05, 0.1) is 12.2 Å². The monoisotopic (exact) mass is 399 g/mol. The third-order valence-electron chi connectivity index (χ3n) is 3.89. The van der Waals surface area contributed by atoms with Crippen LogP contribution in [0.5, 0.6) is 11.5 Å². The smallest absolute Gasteiger partial charge is 0.415 e. The molecule has 0 saturated carbocycles. The van der Waals surface area contributed by atoms with Crippen LogP contribution in [-0.2, 0) is 0 Å². The molecule has 1 aromatic carbocycles. The maximum absolute atomic E-state index is 12.5. The summed E-state index contributed by atoms with van der Waals surface area (Å²) >= 11 is 0. The van der Waals surface area contributed by atoms with Gasteiger partial charge >= 0.3 is 6.09 Å². The number of carbonyl (C=O) groups excluding carboxylic acids is 1. The van der Waals surface area contributed by atoms with Gasteiger partial charge in [0.25, 0.3) is 0 Å². The summed E-state index contributed by atoms with van der Waals surface area (Å²) in [5.74, 6) is 1.24. The summed E-state index contributed by atoms with van der Waals surface area (Å²) in [7, 11) is 0. The summed E-state index contributed by atoms with van der Waals surface area (Å²) in [5, 5.41) is 3.28. The van der Waals surface area contributed by atoms with Crippen molar-refractivity contribution in [3.05, 3.63) is 54.4 Å². The predicted octanol–water partition coefficient (Wildman–Crippen LogP) is 3.09. The van der Waals surface area contributed by atoms with Crippen LogP contribution in [0.4, 0.5) is 4.79 Å². The van der Waals surface area contributed by atoms with E-state index < -0.39 is 0 Å². The number of aromatic nitrogens is 1. The minimum absolute atomic E-state index is 0. The first-order valence-electron chi connectivity index (χ1n) is 8.01. The van der Waals surface area contributed by atoms with E-state index >= 15 is 0 Å². The molecule has 3 rings (SSSR count). The van der Waals surface area contributed by atoms with Crippen molar-refractivity contribution in [2.75, 3.05) is 26.2 Å². The second kappa shape index (κ2) is 10.9. The zero-order valence-electron chi connectivity index (χ0n) is 14.5. The highest BCUT2D eigenvalue weighted by molar-refractivity contribution is 5.85. The van der Waals surface area contributed by atoms with E-state index in [1.165, 1.54) is 0 Å². The molecule has 0 aliphatic carbocycles. The lowest BCUT2D eigenvalue weighted by Gasteiger charge is -2.35. The molecule has 0 spiro atoms. The summed E-state index contributed by atoms with van der Waals surface area (Å²) < 4.78 is 11.2.